The molecule has 2 heterocycles. The van der Waals surface area contributed by atoms with Crippen LogP contribution in [-0.4, -0.2) is 90.7 Å². The van der Waals surface area contributed by atoms with E-state index in [1.165, 1.54) is 11.1 Å². The van der Waals surface area contributed by atoms with Crippen LogP contribution in [0.15, 0.2) is 54.6 Å². The molecule has 2 aromatic rings. The standard InChI is InChI=1S/C32H46N4O2/c1-25-24-36(14-7-10-26-8-4-3-5-9-26)29-21-28(22-32(25,23-29)27-11-6-12-30(37)20-27)33-31(38)13-15-35-18-16-34(2)17-19-35/h3-6,8-9,11-12,20,25,28-29,37H,7,10,13-19,21-24H2,1-2H3,(H,33,38)/t25?,28-,29?,32?/m0/s1. The summed E-state index contributed by atoms with van der Waals surface area (Å²) in [7, 11) is 2.16. The van der Waals surface area contributed by atoms with E-state index in [-0.39, 0.29) is 17.4 Å². The van der Waals surface area contributed by atoms with Crippen LogP contribution in [0.3, 0.4) is 0 Å². The fourth-order valence-corrected chi connectivity index (χ4v) is 7.28. The van der Waals surface area contributed by atoms with Crippen molar-refractivity contribution < 1.29 is 9.90 Å². The molecule has 5 rings (SSSR count). The fourth-order valence-electron chi connectivity index (χ4n) is 7.28. The molecular weight excluding hydrogens is 472 g/mol. The van der Waals surface area contributed by atoms with E-state index in [2.05, 4.69) is 70.4 Å². The SMILES string of the molecule is CC1CN(CCCc2ccccc2)C2C[C@H](NC(=O)CCN3CCN(C)CC3)CC1(c1cccc(O)c1)C2. The Balaban J connectivity index is 1.26. The summed E-state index contributed by atoms with van der Waals surface area (Å²) in [5, 5.41) is 13.8. The predicted octanol–water partition coefficient (Wildman–Crippen LogP) is 3.89. The van der Waals surface area contributed by atoms with Crippen LogP contribution in [0.5, 0.6) is 5.75 Å². The second-order valence-electron chi connectivity index (χ2n) is 12.1. The lowest BCUT2D eigenvalue weighted by Crippen LogP contribution is -2.61. The molecule has 0 spiro atoms. The second-order valence-corrected chi connectivity index (χ2v) is 12.1. The lowest BCUT2D eigenvalue weighted by atomic mass is 9.57. The molecule has 206 valence electrons. The van der Waals surface area contributed by atoms with Gasteiger partial charge in [-0.3, -0.25) is 9.69 Å². The summed E-state index contributed by atoms with van der Waals surface area (Å²) in [4.78, 5) is 20.6. The second kappa shape index (κ2) is 12.2. The number of amides is 1. The van der Waals surface area contributed by atoms with E-state index in [1.54, 1.807) is 6.07 Å². The highest BCUT2D eigenvalue weighted by atomic mass is 16.3. The molecule has 3 unspecified atom stereocenters. The first kappa shape index (κ1) is 27.2. The maximum Gasteiger partial charge on any atom is 0.221 e. The first-order chi connectivity index (χ1) is 18.4. The monoisotopic (exact) mass is 518 g/mol. The van der Waals surface area contributed by atoms with Gasteiger partial charge in [-0.25, -0.2) is 0 Å². The van der Waals surface area contributed by atoms with Crippen LogP contribution in [0, 0.1) is 5.92 Å². The van der Waals surface area contributed by atoms with Crippen molar-refractivity contribution in [3.8, 4) is 5.75 Å². The van der Waals surface area contributed by atoms with E-state index in [1.807, 2.05) is 12.1 Å². The number of likely N-dealkylation sites (N-methyl/N-ethyl adjacent to an activating group) is 1. The third-order valence-corrected chi connectivity index (χ3v) is 9.53. The lowest BCUT2D eigenvalue weighted by molar-refractivity contribution is -0.123. The third-order valence-electron chi connectivity index (χ3n) is 9.53. The number of piperazine rings is 1. The number of rotatable bonds is 9. The van der Waals surface area contributed by atoms with E-state index in [9.17, 15) is 9.90 Å². The van der Waals surface area contributed by atoms with Crippen molar-refractivity contribution in [3.05, 3.63) is 65.7 Å². The van der Waals surface area contributed by atoms with Crippen molar-refractivity contribution in [1.82, 2.24) is 20.0 Å². The van der Waals surface area contributed by atoms with Crippen LogP contribution in [0.25, 0.3) is 0 Å². The van der Waals surface area contributed by atoms with Crippen LogP contribution in [0.2, 0.25) is 0 Å². The Morgan fingerprint density at radius 1 is 1.03 bits per heavy atom. The number of benzene rings is 2. The lowest BCUT2D eigenvalue weighted by Gasteiger charge is -2.56. The summed E-state index contributed by atoms with van der Waals surface area (Å²) in [5.41, 5.74) is 2.61. The van der Waals surface area contributed by atoms with Gasteiger partial charge in [0.2, 0.25) is 5.91 Å². The summed E-state index contributed by atoms with van der Waals surface area (Å²) in [5.74, 6) is 0.967. The van der Waals surface area contributed by atoms with Crippen LogP contribution >= 0.6 is 0 Å². The van der Waals surface area contributed by atoms with E-state index in [0.717, 1.165) is 77.9 Å². The Labute approximate surface area is 229 Å². The van der Waals surface area contributed by atoms with Crippen LogP contribution in [0.1, 0.15) is 50.2 Å². The van der Waals surface area contributed by atoms with Gasteiger partial charge in [0, 0.05) is 63.2 Å². The van der Waals surface area contributed by atoms with E-state index >= 15 is 0 Å². The number of hydrogen-bond donors (Lipinski definition) is 2. The van der Waals surface area contributed by atoms with E-state index < -0.39 is 0 Å². The Morgan fingerprint density at radius 3 is 2.58 bits per heavy atom. The maximum absolute atomic E-state index is 13.1. The minimum Gasteiger partial charge on any atom is -0.508 e. The summed E-state index contributed by atoms with van der Waals surface area (Å²) in [6.45, 7) is 9.63. The number of hydrogen-bond acceptors (Lipinski definition) is 5. The first-order valence-corrected chi connectivity index (χ1v) is 14.7. The molecular formula is C32H46N4O2. The Bertz CT molecular complexity index is 1050. The third kappa shape index (κ3) is 6.41. The minimum atomic E-state index is -0.0208. The molecule has 2 aliphatic heterocycles. The number of nitrogens with one attached hydrogen (secondary N) is 1. The Hall–Kier alpha value is -2.41. The van der Waals surface area contributed by atoms with Gasteiger partial charge >= 0.3 is 0 Å². The molecule has 2 N–H and O–H groups in total. The van der Waals surface area contributed by atoms with Gasteiger partial charge in [-0.05, 0) is 74.9 Å². The molecule has 4 atom stereocenters. The molecule has 3 aliphatic rings. The number of aryl methyl sites for hydroxylation is 1. The first-order valence-electron chi connectivity index (χ1n) is 14.7. The van der Waals surface area contributed by atoms with Crippen LogP contribution < -0.4 is 5.32 Å². The van der Waals surface area contributed by atoms with Gasteiger partial charge in [0.1, 0.15) is 5.75 Å². The topological polar surface area (TPSA) is 59.1 Å². The average Bonchev–Trinajstić information content (AvgIpc) is 2.92. The molecule has 38 heavy (non-hydrogen) atoms. The maximum atomic E-state index is 13.1. The number of likely N-dealkylation sites (tertiary alicyclic amines) is 1. The highest BCUT2D eigenvalue weighted by molar-refractivity contribution is 5.76. The number of piperidine rings is 1. The average molecular weight is 519 g/mol. The molecule has 6 nitrogen and oxygen atoms in total. The molecule has 0 radical (unpaired) electrons. The number of carbonyl (C=O) groups is 1. The van der Waals surface area contributed by atoms with Crippen molar-refractivity contribution in [2.75, 3.05) is 52.9 Å². The summed E-state index contributed by atoms with van der Waals surface area (Å²) in [6.07, 6.45) is 5.87. The van der Waals surface area contributed by atoms with E-state index in [4.69, 9.17) is 0 Å². The summed E-state index contributed by atoms with van der Waals surface area (Å²) in [6, 6.07) is 19.3. The molecule has 1 amide bonds. The van der Waals surface area contributed by atoms with Crippen LogP contribution in [-0.2, 0) is 16.6 Å². The quantitative estimate of drug-likeness (QED) is 0.528. The summed E-state index contributed by atoms with van der Waals surface area (Å²) >= 11 is 0. The zero-order chi connectivity index (χ0) is 26.5. The minimum absolute atomic E-state index is 0.0208. The number of phenolic OH excluding ortho intramolecular Hbond substituents is 1. The number of aromatic hydroxyl groups is 1. The molecule has 0 aromatic heterocycles. The van der Waals surface area contributed by atoms with Crippen LogP contribution in [0.4, 0.5) is 0 Å². The smallest absolute Gasteiger partial charge is 0.221 e. The zero-order valence-electron chi connectivity index (χ0n) is 23.3. The van der Waals surface area contributed by atoms with Gasteiger partial charge in [-0.2, -0.15) is 0 Å². The normalized spacial score (nSPS) is 28.7. The van der Waals surface area contributed by atoms with Gasteiger partial charge in [-0.1, -0.05) is 49.4 Å². The molecule has 2 bridgehead atoms. The Kier molecular flexibility index (Phi) is 8.71. The molecule has 2 aromatic carbocycles. The highest BCUT2D eigenvalue weighted by Gasteiger charge is 2.51. The fraction of sp³-hybridized carbons (Fsp3) is 0.594. The van der Waals surface area contributed by atoms with Crippen molar-refractivity contribution in [2.24, 2.45) is 5.92 Å². The number of fused-ring (bicyclic) bond motifs is 2. The number of phenols is 1. The highest BCUT2D eigenvalue weighted by Crippen LogP contribution is 2.50. The largest absolute Gasteiger partial charge is 0.508 e. The number of nitrogens with zero attached hydrogens (tertiary/aromatic N) is 3. The van der Waals surface area contributed by atoms with Gasteiger partial charge < -0.3 is 20.2 Å². The molecule has 3 fully saturated rings. The zero-order valence-corrected chi connectivity index (χ0v) is 23.3. The van der Waals surface area contributed by atoms with Crippen molar-refractivity contribution in [2.45, 2.75) is 62.9 Å². The van der Waals surface area contributed by atoms with E-state index in [0.29, 0.717) is 24.1 Å². The van der Waals surface area contributed by atoms with Gasteiger partial charge in [0.25, 0.3) is 0 Å². The van der Waals surface area contributed by atoms with Crippen molar-refractivity contribution in [3.63, 3.8) is 0 Å². The van der Waals surface area contributed by atoms with Gasteiger partial charge in [-0.15, -0.1) is 0 Å². The number of carbonyl (C=O) groups excluding carboxylic acids is 1. The Morgan fingerprint density at radius 2 is 1.82 bits per heavy atom. The molecule has 2 saturated heterocycles. The molecule has 1 aliphatic carbocycles. The molecule has 1 saturated carbocycles. The van der Waals surface area contributed by atoms with Gasteiger partial charge in [0.15, 0.2) is 0 Å². The molecule has 6 heteroatoms. The summed E-state index contributed by atoms with van der Waals surface area (Å²) < 4.78 is 0. The van der Waals surface area contributed by atoms with Crippen molar-refractivity contribution in [1.29, 1.82) is 0 Å². The predicted molar refractivity (Wildman–Crippen MR) is 153 cm³/mol. The van der Waals surface area contributed by atoms with Crippen molar-refractivity contribution >= 4 is 5.91 Å². The van der Waals surface area contributed by atoms with Gasteiger partial charge in [0.05, 0.1) is 0 Å².